The predicted octanol–water partition coefficient (Wildman–Crippen LogP) is 2.81. The molecule has 0 radical (unpaired) electrons. The highest BCUT2D eigenvalue weighted by atomic mass is 19.4. The van der Waals surface area contributed by atoms with Crippen molar-refractivity contribution in [2.24, 2.45) is 0 Å². The van der Waals surface area contributed by atoms with Gasteiger partial charge in [-0.3, -0.25) is 0 Å². The predicted molar refractivity (Wildman–Crippen MR) is 82.3 cm³/mol. The van der Waals surface area contributed by atoms with Gasteiger partial charge in [0, 0.05) is 0 Å². The van der Waals surface area contributed by atoms with Crippen LogP contribution in [0.25, 0.3) is 11.2 Å². The summed E-state index contributed by atoms with van der Waals surface area (Å²) in [5, 5.41) is 0. The molecule has 150 valence electrons. The summed E-state index contributed by atoms with van der Waals surface area (Å²) in [4.78, 5) is 11.7. The van der Waals surface area contributed by atoms with E-state index in [0.717, 1.165) is 0 Å². The number of hydrogen-bond donors (Lipinski definition) is 2. The number of fused-ring (bicyclic) bond motifs is 1. The number of nitrogen functional groups attached to an aromatic ring is 2. The van der Waals surface area contributed by atoms with Gasteiger partial charge >= 0.3 is 12.4 Å². The molecule has 3 rings (SSSR count). The van der Waals surface area contributed by atoms with E-state index >= 15 is 0 Å². The third-order valence-corrected chi connectivity index (χ3v) is 4.11. The number of alkyl halides is 6. The van der Waals surface area contributed by atoms with Crippen LogP contribution in [0.15, 0.2) is 6.33 Å². The Morgan fingerprint density at radius 3 is 2.19 bits per heavy atom. The van der Waals surface area contributed by atoms with E-state index in [1.54, 1.807) is 0 Å². The van der Waals surface area contributed by atoms with Crippen molar-refractivity contribution in [1.82, 2.24) is 19.5 Å². The molecule has 7 nitrogen and oxygen atoms in total. The van der Waals surface area contributed by atoms with Gasteiger partial charge in [-0.1, -0.05) is 0 Å². The van der Waals surface area contributed by atoms with Gasteiger partial charge in [0.05, 0.1) is 37.4 Å². The molecule has 0 amide bonds. The summed E-state index contributed by atoms with van der Waals surface area (Å²) in [5.41, 5.74) is 10.5. The second-order valence-electron chi connectivity index (χ2n) is 6.57. The number of rotatable bonds is 6. The van der Waals surface area contributed by atoms with Crippen LogP contribution >= 0.6 is 0 Å². The summed E-state index contributed by atoms with van der Waals surface area (Å²) in [6, 6.07) is 0. The van der Waals surface area contributed by atoms with Crippen LogP contribution in [0.2, 0.25) is 0 Å². The van der Waals surface area contributed by atoms with Gasteiger partial charge in [-0.05, 0) is 12.8 Å². The highest BCUT2D eigenvalue weighted by Gasteiger charge is 2.50. The van der Waals surface area contributed by atoms with E-state index in [1.807, 2.05) is 0 Å². The minimum Gasteiger partial charge on any atom is -0.382 e. The van der Waals surface area contributed by atoms with E-state index < -0.39 is 36.9 Å². The van der Waals surface area contributed by atoms with Crippen LogP contribution in [0, 0.1) is 0 Å². The molecule has 0 unspecified atom stereocenters. The van der Waals surface area contributed by atoms with Crippen molar-refractivity contribution in [3.8, 4) is 0 Å². The maximum atomic E-state index is 12.6. The second-order valence-corrected chi connectivity index (χ2v) is 6.57. The van der Waals surface area contributed by atoms with E-state index in [2.05, 4.69) is 15.0 Å². The summed E-state index contributed by atoms with van der Waals surface area (Å²) in [6.07, 6.45) is -13.0. The first kappa shape index (κ1) is 19.5. The third-order valence-electron chi connectivity index (χ3n) is 4.11. The van der Waals surface area contributed by atoms with Crippen molar-refractivity contribution in [1.29, 1.82) is 0 Å². The molecule has 2 aromatic heterocycles. The second kappa shape index (κ2) is 6.39. The Hall–Kier alpha value is -2.31. The Bertz CT molecular complexity index is 812. The summed E-state index contributed by atoms with van der Waals surface area (Å²) < 4.78 is 82.6. The van der Waals surface area contributed by atoms with Crippen LogP contribution in [-0.2, 0) is 11.3 Å². The highest BCUT2D eigenvalue weighted by Crippen LogP contribution is 2.45. The number of ether oxygens (including phenoxy) is 1. The Balaban J connectivity index is 1.80. The van der Waals surface area contributed by atoms with Crippen LogP contribution in [0.3, 0.4) is 0 Å². The van der Waals surface area contributed by atoms with E-state index in [-0.39, 0.29) is 29.5 Å². The molecule has 13 heteroatoms. The number of nitrogens with zero attached hydrogens (tertiary/aromatic N) is 4. The minimum absolute atomic E-state index is 0.0222. The molecule has 2 heterocycles. The molecule has 0 atom stereocenters. The summed E-state index contributed by atoms with van der Waals surface area (Å²) in [6.45, 7) is -0.0222. The molecule has 0 bridgehead atoms. The summed E-state index contributed by atoms with van der Waals surface area (Å²) in [7, 11) is 0. The van der Waals surface area contributed by atoms with Gasteiger partial charge in [-0.2, -0.15) is 36.3 Å². The SMILES string of the molecule is Nc1nc(N)c2ncn(CC3(OC(CC(F)(F)F)CC(F)(F)F)CC3)c2n1. The average molecular weight is 398 g/mol. The Kier molecular flexibility index (Phi) is 4.60. The lowest BCUT2D eigenvalue weighted by molar-refractivity contribution is -0.206. The van der Waals surface area contributed by atoms with Crippen LogP contribution in [0.5, 0.6) is 0 Å². The van der Waals surface area contributed by atoms with Crippen molar-refractivity contribution in [2.75, 3.05) is 11.5 Å². The van der Waals surface area contributed by atoms with Crippen LogP contribution in [-0.4, -0.2) is 43.6 Å². The molecule has 1 saturated carbocycles. The Morgan fingerprint density at radius 2 is 1.67 bits per heavy atom. The fourth-order valence-corrected chi connectivity index (χ4v) is 2.89. The van der Waals surface area contributed by atoms with Crippen LogP contribution in [0.1, 0.15) is 25.7 Å². The van der Waals surface area contributed by atoms with E-state index in [4.69, 9.17) is 16.2 Å². The highest BCUT2D eigenvalue weighted by molar-refractivity contribution is 5.82. The summed E-state index contributed by atoms with van der Waals surface area (Å²) >= 11 is 0. The number of hydrogen-bond acceptors (Lipinski definition) is 6. The smallest absolute Gasteiger partial charge is 0.382 e. The zero-order valence-electron chi connectivity index (χ0n) is 13.8. The molecule has 1 aliphatic rings. The molecule has 27 heavy (non-hydrogen) atoms. The molecule has 1 aliphatic carbocycles. The first-order valence-corrected chi connectivity index (χ1v) is 7.91. The number of nitrogens with two attached hydrogens (primary N) is 2. The zero-order chi connectivity index (χ0) is 20.0. The number of aromatic nitrogens is 4. The van der Waals surface area contributed by atoms with Gasteiger partial charge in [0.25, 0.3) is 0 Å². The normalized spacial score (nSPS) is 17.0. The minimum atomic E-state index is -4.77. The van der Waals surface area contributed by atoms with Crippen molar-refractivity contribution in [2.45, 2.75) is 56.3 Å². The molecule has 0 saturated heterocycles. The first-order valence-electron chi connectivity index (χ1n) is 7.91. The Morgan fingerprint density at radius 1 is 1.07 bits per heavy atom. The lowest BCUT2D eigenvalue weighted by atomic mass is 10.1. The van der Waals surface area contributed by atoms with Gasteiger partial charge in [0.1, 0.15) is 5.52 Å². The molecule has 0 spiro atoms. The molecule has 1 fully saturated rings. The first-order chi connectivity index (χ1) is 12.4. The van der Waals surface area contributed by atoms with Crippen LogP contribution in [0.4, 0.5) is 38.1 Å². The number of anilines is 2. The van der Waals surface area contributed by atoms with Gasteiger partial charge in [0.15, 0.2) is 11.5 Å². The molecule has 0 aromatic carbocycles. The number of halogens is 6. The lowest BCUT2D eigenvalue weighted by Gasteiger charge is -2.26. The fourth-order valence-electron chi connectivity index (χ4n) is 2.89. The quantitative estimate of drug-likeness (QED) is 0.725. The van der Waals surface area contributed by atoms with E-state index in [0.29, 0.717) is 12.8 Å². The fraction of sp³-hybridized carbons (Fsp3) is 0.643. The van der Waals surface area contributed by atoms with Crippen LogP contribution < -0.4 is 11.5 Å². The molecule has 2 aromatic rings. The Labute approximate surface area is 148 Å². The largest absolute Gasteiger partial charge is 0.391 e. The molecule has 4 N–H and O–H groups in total. The topological polar surface area (TPSA) is 105 Å². The number of imidazole rings is 1. The van der Waals surface area contributed by atoms with Gasteiger partial charge < -0.3 is 20.8 Å². The van der Waals surface area contributed by atoms with E-state index in [1.165, 1.54) is 10.9 Å². The maximum absolute atomic E-state index is 12.6. The average Bonchev–Trinajstić information content (AvgIpc) is 3.08. The van der Waals surface area contributed by atoms with Crippen molar-refractivity contribution >= 4 is 22.9 Å². The maximum Gasteiger partial charge on any atom is 0.391 e. The van der Waals surface area contributed by atoms with Gasteiger partial charge in [0.2, 0.25) is 5.95 Å². The molecule has 0 aliphatic heterocycles. The molecular weight excluding hydrogens is 382 g/mol. The van der Waals surface area contributed by atoms with E-state index in [9.17, 15) is 26.3 Å². The van der Waals surface area contributed by atoms with Crippen molar-refractivity contribution < 1.29 is 31.1 Å². The lowest BCUT2D eigenvalue weighted by Crippen LogP contribution is -2.34. The van der Waals surface area contributed by atoms with Gasteiger partial charge in [-0.15, -0.1) is 0 Å². The van der Waals surface area contributed by atoms with Crippen molar-refractivity contribution in [3.05, 3.63) is 6.33 Å². The zero-order valence-corrected chi connectivity index (χ0v) is 13.8. The van der Waals surface area contributed by atoms with Gasteiger partial charge in [-0.25, -0.2) is 4.98 Å². The third kappa shape index (κ3) is 4.90. The molecular formula is C14H16F6N6O. The standard InChI is InChI=1S/C14H16F6N6O/c15-13(16,17)3-7(4-14(18,19)20)27-12(1-2-12)5-26-6-23-8-9(21)24-11(22)25-10(8)26/h6-7H,1-5H2,(H4,21,22,24,25). The summed E-state index contributed by atoms with van der Waals surface area (Å²) in [5.74, 6) is -0.103. The van der Waals surface area contributed by atoms with Crippen molar-refractivity contribution in [3.63, 3.8) is 0 Å². The monoisotopic (exact) mass is 398 g/mol.